The molecular weight excluding hydrogens is 236 g/mol. The van der Waals surface area contributed by atoms with E-state index >= 15 is 0 Å². The maximum absolute atomic E-state index is 6.08. The third kappa shape index (κ3) is 2.84. The van der Waals surface area contributed by atoms with Gasteiger partial charge in [0.25, 0.3) is 0 Å². The summed E-state index contributed by atoms with van der Waals surface area (Å²) < 4.78 is 1.76. The Morgan fingerprint density at radius 2 is 2.18 bits per heavy atom. The Labute approximate surface area is 105 Å². The van der Waals surface area contributed by atoms with Crippen molar-refractivity contribution in [3.05, 3.63) is 46.7 Å². The number of benzene rings is 1. The van der Waals surface area contributed by atoms with E-state index in [1.807, 2.05) is 37.4 Å². The molecule has 0 saturated heterocycles. The van der Waals surface area contributed by atoms with E-state index in [1.165, 1.54) is 0 Å². The van der Waals surface area contributed by atoms with Gasteiger partial charge in [-0.05, 0) is 18.1 Å². The molecule has 2 N–H and O–H groups in total. The van der Waals surface area contributed by atoms with E-state index < -0.39 is 0 Å². The standard InChI is InChI=1S/C12H15ClN4/c1-2-11(14)12-8-17(16-15-12)7-9-5-3-4-6-10(9)13/h3-6,8,11H,2,7,14H2,1H3. The quantitative estimate of drug-likeness (QED) is 0.907. The van der Waals surface area contributed by atoms with Gasteiger partial charge in [0, 0.05) is 5.02 Å². The van der Waals surface area contributed by atoms with Gasteiger partial charge < -0.3 is 5.73 Å². The van der Waals surface area contributed by atoms with Gasteiger partial charge in [-0.1, -0.05) is 41.9 Å². The van der Waals surface area contributed by atoms with Crippen LogP contribution in [0.15, 0.2) is 30.5 Å². The fourth-order valence-corrected chi connectivity index (χ4v) is 1.77. The Hall–Kier alpha value is -1.39. The van der Waals surface area contributed by atoms with E-state index in [9.17, 15) is 0 Å². The molecule has 1 aromatic heterocycles. The SMILES string of the molecule is CCC(N)c1cn(Cc2ccccc2Cl)nn1. The normalized spacial score (nSPS) is 12.6. The molecule has 0 radical (unpaired) electrons. The summed E-state index contributed by atoms with van der Waals surface area (Å²) in [5.74, 6) is 0. The molecular formula is C12H15ClN4. The minimum atomic E-state index is -0.0463. The van der Waals surface area contributed by atoms with Gasteiger partial charge in [-0.25, -0.2) is 4.68 Å². The topological polar surface area (TPSA) is 56.7 Å². The van der Waals surface area contributed by atoms with Crippen molar-refractivity contribution in [2.24, 2.45) is 5.73 Å². The van der Waals surface area contributed by atoms with Crippen molar-refractivity contribution >= 4 is 11.6 Å². The smallest absolute Gasteiger partial charge is 0.0994 e. The van der Waals surface area contributed by atoms with Crippen molar-refractivity contribution in [1.29, 1.82) is 0 Å². The van der Waals surface area contributed by atoms with Crippen molar-refractivity contribution in [2.45, 2.75) is 25.9 Å². The molecule has 2 rings (SSSR count). The minimum Gasteiger partial charge on any atom is -0.323 e. The molecule has 1 heterocycles. The second-order valence-electron chi connectivity index (χ2n) is 3.95. The van der Waals surface area contributed by atoms with Crippen LogP contribution in [-0.2, 0) is 6.54 Å². The lowest BCUT2D eigenvalue weighted by molar-refractivity contribution is 0.644. The molecule has 0 spiro atoms. The molecule has 90 valence electrons. The second-order valence-corrected chi connectivity index (χ2v) is 4.35. The van der Waals surface area contributed by atoms with Gasteiger partial charge >= 0.3 is 0 Å². The van der Waals surface area contributed by atoms with E-state index in [0.29, 0.717) is 6.54 Å². The summed E-state index contributed by atoms with van der Waals surface area (Å²) in [6.45, 7) is 2.64. The van der Waals surface area contributed by atoms with E-state index in [4.69, 9.17) is 17.3 Å². The van der Waals surface area contributed by atoms with Gasteiger partial charge in [-0.3, -0.25) is 0 Å². The number of nitrogens with zero attached hydrogens (tertiary/aromatic N) is 3. The zero-order valence-electron chi connectivity index (χ0n) is 9.68. The monoisotopic (exact) mass is 250 g/mol. The van der Waals surface area contributed by atoms with E-state index in [1.54, 1.807) is 4.68 Å². The number of rotatable bonds is 4. The first-order valence-electron chi connectivity index (χ1n) is 5.59. The minimum absolute atomic E-state index is 0.0463. The van der Waals surface area contributed by atoms with Crippen molar-refractivity contribution in [1.82, 2.24) is 15.0 Å². The predicted molar refractivity (Wildman–Crippen MR) is 67.8 cm³/mol. The molecule has 0 amide bonds. The molecule has 1 atom stereocenters. The fourth-order valence-electron chi connectivity index (χ4n) is 1.57. The third-order valence-electron chi connectivity index (χ3n) is 2.67. The van der Waals surface area contributed by atoms with Gasteiger partial charge in [-0.15, -0.1) is 5.10 Å². The molecule has 0 aliphatic carbocycles. The van der Waals surface area contributed by atoms with Gasteiger partial charge in [0.1, 0.15) is 0 Å². The largest absolute Gasteiger partial charge is 0.323 e. The molecule has 1 aromatic carbocycles. The van der Waals surface area contributed by atoms with Crippen LogP contribution in [0.25, 0.3) is 0 Å². The first kappa shape index (κ1) is 12.1. The van der Waals surface area contributed by atoms with E-state index in [0.717, 1.165) is 22.7 Å². The van der Waals surface area contributed by atoms with Crippen LogP contribution in [0.1, 0.15) is 30.6 Å². The Kier molecular flexibility index (Phi) is 3.76. The molecule has 5 heteroatoms. The molecule has 0 fully saturated rings. The summed E-state index contributed by atoms with van der Waals surface area (Å²) in [4.78, 5) is 0. The summed E-state index contributed by atoms with van der Waals surface area (Å²) in [6.07, 6.45) is 2.72. The van der Waals surface area contributed by atoms with Crippen molar-refractivity contribution in [2.75, 3.05) is 0 Å². The zero-order chi connectivity index (χ0) is 12.3. The Morgan fingerprint density at radius 1 is 1.41 bits per heavy atom. The maximum Gasteiger partial charge on any atom is 0.0994 e. The summed E-state index contributed by atoms with van der Waals surface area (Å²) in [5, 5.41) is 8.85. The number of hydrogen-bond acceptors (Lipinski definition) is 3. The lowest BCUT2D eigenvalue weighted by Gasteiger charge is -2.03. The van der Waals surface area contributed by atoms with Crippen LogP contribution < -0.4 is 5.73 Å². The first-order chi connectivity index (χ1) is 8.20. The van der Waals surface area contributed by atoms with Crippen molar-refractivity contribution < 1.29 is 0 Å². The van der Waals surface area contributed by atoms with E-state index in [2.05, 4.69) is 10.3 Å². The molecule has 4 nitrogen and oxygen atoms in total. The van der Waals surface area contributed by atoms with Gasteiger partial charge in [0.05, 0.1) is 24.5 Å². The summed E-state index contributed by atoms with van der Waals surface area (Å²) in [5.41, 5.74) is 7.73. The average molecular weight is 251 g/mol. The molecule has 17 heavy (non-hydrogen) atoms. The Bertz CT molecular complexity index is 495. The van der Waals surface area contributed by atoms with Crippen LogP contribution in [0.5, 0.6) is 0 Å². The molecule has 0 aliphatic rings. The maximum atomic E-state index is 6.08. The van der Waals surface area contributed by atoms with Crippen LogP contribution in [-0.4, -0.2) is 15.0 Å². The van der Waals surface area contributed by atoms with Crippen LogP contribution in [0, 0.1) is 0 Å². The summed E-state index contributed by atoms with van der Waals surface area (Å²) in [7, 11) is 0. The number of halogens is 1. The Morgan fingerprint density at radius 3 is 2.88 bits per heavy atom. The van der Waals surface area contributed by atoms with Gasteiger partial charge in [0.15, 0.2) is 0 Å². The Balaban J connectivity index is 2.14. The lowest BCUT2D eigenvalue weighted by Crippen LogP contribution is -2.08. The van der Waals surface area contributed by atoms with Gasteiger partial charge in [-0.2, -0.15) is 0 Å². The van der Waals surface area contributed by atoms with Crippen LogP contribution >= 0.6 is 11.6 Å². The van der Waals surface area contributed by atoms with Crippen LogP contribution in [0.4, 0.5) is 0 Å². The van der Waals surface area contributed by atoms with Gasteiger partial charge in [0.2, 0.25) is 0 Å². The highest BCUT2D eigenvalue weighted by Gasteiger charge is 2.09. The zero-order valence-corrected chi connectivity index (χ0v) is 10.4. The average Bonchev–Trinajstić information content (AvgIpc) is 2.80. The molecule has 0 bridgehead atoms. The number of hydrogen-bond donors (Lipinski definition) is 1. The van der Waals surface area contributed by atoms with Crippen molar-refractivity contribution in [3.8, 4) is 0 Å². The third-order valence-corrected chi connectivity index (χ3v) is 3.04. The van der Waals surface area contributed by atoms with Crippen molar-refractivity contribution in [3.63, 3.8) is 0 Å². The number of aromatic nitrogens is 3. The summed E-state index contributed by atoms with van der Waals surface area (Å²) >= 11 is 6.08. The second kappa shape index (κ2) is 5.29. The molecule has 0 aliphatic heterocycles. The molecule has 2 aromatic rings. The predicted octanol–water partition coefficient (Wildman–Crippen LogP) is 2.39. The first-order valence-corrected chi connectivity index (χ1v) is 5.97. The van der Waals surface area contributed by atoms with Crippen LogP contribution in [0.3, 0.4) is 0 Å². The highest BCUT2D eigenvalue weighted by molar-refractivity contribution is 6.31. The van der Waals surface area contributed by atoms with E-state index in [-0.39, 0.29) is 6.04 Å². The molecule has 1 unspecified atom stereocenters. The highest BCUT2D eigenvalue weighted by Crippen LogP contribution is 2.16. The molecule has 0 saturated carbocycles. The fraction of sp³-hybridized carbons (Fsp3) is 0.333. The lowest BCUT2D eigenvalue weighted by atomic mass is 10.2. The highest BCUT2D eigenvalue weighted by atomic mass is 35.5. The number of nitrogens with two attached hydrogens (primary N) is 1. The van der Waals surface area contributed by atoms with Crippen LogP contribution in [0.2, 0.25) is 5.02 Å². The summed E-state index contributed by atoms with van der Waals surface area (Å²) in [6, 6.07) is 7.66.